The molecular formula is C21H23N5O4. The Morgan fingerprint density at radius 3 is 2.73 bits per heavy atom. The third-order valence-electron chi connectivity index (χ3n) is 5.16. The number of amides is 2. The summed E-state index contributed by atoms with van der Waals surface area (Å²) in [7, 11) is 3.19. The molecule has 3 aromatic rings. The van der Waals surface area contributed by atoms with Gasteiger partial charge in [-0.3, -0.25) is 14.4 Å². The molecule has 1 N–H and O–H groups in total. The summed E-state index contributed by atoms with van der Waals surface area (Å²) in [6.45, 7) is 1.76. The highest BCUT2D eigenvalue weighted by molar-refractivity contribution is 5.88. The van der Waals surface area contributed by atoms with Crippen molar-refractivity contribution in [2.75, 3.05) is 14.2 Å². The number of nitrogens with one attached hydrogen (secondary N) is 1. The first-order valence-electron chi connectivity index (χ1n) is 9.65. The smallest absolute Gasteiger partial charge is 0.245 e. The maximum absolute atomic E-state index is 12.0. The molecule has 1 aliphatic rings. The van der Waals surface area contributed by atoms with Crippen LogP contribution in [0.1, 0.15) is 13.3 Å². The summed E-state index contributed by atoms with van der Waals surface area (Å²) in [6.07, 6.45) is 1.88. The molecule has 0 saturated carbocycles. The van der Waals surface area contributed by atoms with E-state index in [9.17, 15) is 9.59 Å². The number of methoxy groups -OCH3 is 1. The Morgan fingerprint density at radius 1 is 1.23 bits per heavy atom. The minimum atomic E-state index is -0.641. The molecule has 4 rings (SSSR count). The van der Waals surface area contributed by atoms with Gasteiger partial charge in [-0.15, -0.1) is 5.10 Å². The van der Waals surface area contributed by atoms with Gasteiger partial charge in [0.2, 0.25) is 11.8 Å². The van der Waals surface area contributed by atoms with Crippen molar-refractivity contribution >= 4 is 22.6 Å². The summed E-state index contributed by atoms with van der Waals surface area (Å²) in [6, 6.07) is 11.3. The molecule has 0 bridgehead atoms. The summed E-state index contributed by atoms with van der Waals surface area (Å²) in [5, 5.41) is 14.3. The first kappa shape index (κ1) is 19.8. The van der Waals surface area contributed by atoms with Crippen LogP contribution < -0.4 is 10.1 Å². The number of hydrogen-bond donors (Lipinski definition) is 1. The van der Waals surface area contributed by atoms with Gasteiger partial charge >= 0.3 is 0 Å². The Labute approximate surface area is 173 Å². The molecule has 0 aliphatic carbocycles. The fourth-order valence-electron chi connectivity index (χ4n) is 3.64. The van der Waals surface area contributed by atoms with Crippen LogP contribution in [0.4, 0.5) is 0 Å². The number of benzene rings is 2. The normalized spacial score (nSPS) is 18.6. The van der Waals surface area contributed by atoms with Crippen LogP contribution >= 0.6 is 0 Å². The largest absolute Gasteiger partial charge is 0.497 e. The Balaban J connectivity index is 1.50. The van der Waals surface area contributed by atoms with E-state index in [1.165, 1.54) is 14.0 Å². The number of fused-ring (bicyclic) bond motifs is 1. The zero-order valence-corrected chi connectivity index (χ0v) is 17.0. The van der Waals surface area contributed by atoms with Gasteiger partial charge in [-0.05, 0) is 29.0 Å². The highest BCUT2D eigenvalue weighted by Gasteiger charge is 2.39. The van der Waals surface area contributed by atoms with E-state index in [0.717, 1.165) is 32.8 Å². The lowest BCUT2D eigenvalue weighted by molar-refractivity contribution is -0.188. The second-order valence-electron chi connectivity index (χ2n) is 7.19. The summed E-state index contributed by atoms with van der Waals surface area (Å²) >= 11 is 0. The van der Waals surface area contributed by atoms with Gasteiger partial charge in [0, 0.05) is 26.0 Å². The molecule has 2 heterocycles. The van der Waals surface area contributed by atoms with E-state index < -0.39 is 6.04 Å². The number of aromatic nitrogens is 3. The van der Waals surface area contributed by atoms with Crippen molar-refractivity contribution in [3.8, 4) is 17.0 Å². The van der Waals surface area contributed by atoms with Gasteiger partial charge in [0.25, 0.3) is 0 Å². The van der Waals surface area contributed by atoms with Gasteiger partial charge in [0.05, 0.1) is 19.9 Å². The lowest BCUT2D eigenvalue weighted by atomic mass is 10.1. The fraction of sp³-hybridized carbons (Fsp3) is 0.333. The molecule has 2 atom stereocenters. The van der Waals surface area contributed by atoms with Crippen molar-refractivity contribution in [1.29, 1.82) is 0 Å². The average molecular weight is 409 g/mol. The second-order valence-corrected chi connectivity index (χ2v) is 7.19. The van der Waals surface area contributed by atoms with Crippen LogP contribution in [-0.4, -0.2) is 58.2 Å². The van der Waals surface area contributed by atoms with Gasteiger partial charge in [0.15, 0.2) is 0 Å². The SMILES string of the molecule is CNC(=O)[C@@H]1C[C@@H](Cn2cc(-c3ccc4cc(OC)ccc4c3)nn2)ON1C(C)=O. The van der Waals surface area contributed by atoms with Crippen LogP contribution in [0.25, 0.3) is 22.0 Å². The number of hydrogen-bond acceptors (Lipinski definition) is 6. The van der Waals surface area contributed by atoms with Crippen LogP contribution in [0.3, 0.4) is 0 Å². The Morgan fingerprint density at radius 2 is 2.00 bits per heavy atom. The molecule has 1 aliphatic heterocycles. The maximum Gasteiger partial charge on any atom is 0.245 e. The number of carbonyl (C=O) groups excluding carboxylic acids is 2. The van der Waals surface area contributed by atoms with Gasteiger partial charge in [-0.1, -0.05) is 23.4 Å². The molecule has 156 valence electrons. The van der Waals surface area contributed by atoms with E-state index in [0.29, 0.717) is 13.0 Å². The first-order chi connectivity index (χ1) is 14.5. The Hall–Kier alpha value is -3.46. The van der Waals surface area contributed by atoms with Crippen molar-refractivity contribution in [2.24, 2.45) is 0 Å². The van der Waals surface area contributed by atoms with Crippen molar-refractivity contribution in [3.05, 3.63) is 42.6 Å². The molecule has 0 spiro atoms. The Bertz CT molecular complexity index is 1100. The number of hydroxylamine groups is 2. The Kier molecular flexibility index (Phi) is 5.37. The van der Waals surface area contributed by atoms with E-state index in [1.54, 1.807) is 11.8 Å². The zero-order chi connectivity index (χ0) is 21.3. The lowest BCUT2D eigenvalue weighted by Crippen LogP contribution is -2.43. The monoisotopic (exact) mass is 409 g/mol. The standard InChI is InChI=1S/C21H23N5O4/c1-13(27)26-20(21(28)22-2)10-18(30-26)11-25-12-19(23-24-25)16-5-4-15-9-17(29-3)7-6-14(15)8-16/h4-9,12,18,20H,10-11H2,1-3H3,(H,22,28)/t18-,20-/m0/s1. The predicted octanol–water partition coefficient (Wildman–Crippen LogP) is 1.77. The second kappa shape index (κ2) is 8.11. The fourth-order valence-corrected chi connectivity index (χ4v) is 3.64. The summed E-state index contributed by atoms with van der Waals surface area (Å²) < 4.78 is 6.94. The third-order valence-corrected chi connectivity index (χ3v) is 5.16. The van der Waals surface area contributed by atoms with Crippen molar-refractivity contribution in [1.82, 2.24) is 25.4 Å². The molecule has 9 nitrogen and oxygen atoms in total. The van der Waals surface area contributed by atoms with Crippen LogP contribution in [0.5, 0.6) is 5.75 Å². The number of ether oxygens (including phenoxy) is 1. The third kappa shape index (κ3) is 3.84. The van der Waals surface area contributed by atoms with E-state index in [-0.39, 0.29) is 17.9 Å². The lowest BCUT2D eigenvalue weighted by Gasteiger charge is -2.19. The molecule has 1 aromatic heterocycles. The van der Waals surface area contributed by atoms with Crippen LogP contribution in [0, 0.1) is 0 Å². The summed E-state index contributed by atoms with van der Waals surface area (Å²) in [5.74, 6) is 0.255. The van der Waals surface area contributed by atoms with Gasteiger partial charge in [0.1, 0.15) is 23.6 Å². The number of rotatable bonds is 5. The first-order valence-corrected chi connectivity index (χ1v) is 9.65. The van der Waals surface area contributed by atoms with Crippen LogP contribution in [0.2, 0.25) is 0 Å². The summed E-state index contributed by atoms with van der Waals surface area (Å²) in [4.78, 5) is 29.5. The molecule has 0 unspecified atom stereocenters. The van der Waals surface area contributed by atoms with Crippen LogP contribution in [-0.2, 0) is 21.0 Å². The van der Waals surface area contributed by atoms with Crippen LogP contribution in [0.15, 0.2) is 42.6 Å². The molecule has 2 amide bonds. The topological polar surface area (TPSA) is 98.6 Å². The highest BCUT2D eigenvalue weighted by Crippen LogP contribution is 2.27. The predicted molar refractivity (Wildman–Crippen MR) is 109 cm³/mol. The molecular weight excluding hydrogens is 386 g/mol. The van der Waals surface area contributed by atoms with Gasteiger partial charge in [-0.2, -0.15) is 0 Å². The molecule has 0 radical (unpaired) electrons. The molecule has 1 fully saturated rings. The molecule has 2 aromatic carbocycles. The maximum atomic E-state index is 12.0. The molecule has 30 heavy (non-hydrogen) atoms. The van der Waals surface area contributed by atoms with Gasteiger partial charge in [-0.25, -0.2) is 9.75 Å². The van der Waals surface area contributed by atoms with Crippen molar-refractivity contribution in [2.45, 2.75) is 32.0 Å². The van der Waals surface area contributed by atoms with Crippen molar-refractivity contribution in [3.63, 3.8) is 0 Å². The minimum absolute atomic E-state index is 0.250. The molecule has 9 heteroatoms. The van der Waals surface area contributed by atoms with E-state index in [1.807, 2.05) is 42.6 Å². The van der Waals surface area contributed by atoms with E-state index in [4.69, 9.17) is 9.57 Å². The summed E-state index contributed by atoms with van der Waals surface area (Å²) in [5.41, 5.74) is 1.68. The van der Waals surface area contributed by atoms with E-state index in [2.05, 4.69) is 15.6 Å². The molecule has 1 saturated heterocycles. The van der Waals surface area contributed by atoms with Gasteiger partial charge < -0.3 is 10.1 Å². The highest BCUT2D eigenvalue weighted by atomic mass is 16.7. The number of likely N-dealkylation sites (N-methyl/N-ethyl adjacent to an activating group) is 1. The average Bonchev–Trinajstić information content (AvgIpc) is 3.40. The number of nitrogens with zero attached hydrogens (tertiary/aromatic N) is 4. The van der Waals surface area contributed by atoms with E-state index >= 15 is 0 Å². The van der Waals surface area contributed by atoms with Crippen molar-refractivity contribution < 1.29 is 19.2 Å². The number of carbonyl (C=O) groups is 2. The zero-order valence-electron chi connectivity index (χ0n) is 17.0. The quantitative estimate of drug-likeness (QED) is 0.690. The minimum Gasteiger partial charge on any atom is -0.497 e.